The number of carbonyl (C=O) groups excluding carboxylic acids is 2. The highest BCUT2D eigenvalue weighted by atomic mass is 16.5. The molecule has 200 valence electrons. The summed E-state index contributed by atoms with van der Waals surface area (Å²) in [4.78, 5) is 29.6. The fraction of sp³-hybridized carbons (Fsp3) is 0.333. The molecule has 0 saturated carbocycles. The monoisotopic (exact) mass is 518 g/mol. The second-order valence-electron chi connectivity index (χ2n) is 9.19. The average Bonchev–Trinajstić information content (AvgIpc) is 3.47. The zero-order valence-corrected chi connectivity index (χ0v) is 21.9. The van der Waals surface area contributed by atoms with E-state index in [0.717, 1.165) is 22.6 Å². The van der Waals surface area contributed by atoms with Crippen molar-refractivity contribution in [1.82, 2.24) is 4.90 Å². The number of methoxy groups -OCH3 is 3. The van der Waals surface area contributed by atoms with Crippen LogP contribution < -0.4 is 14.4 Å². The van der Waals surface area contributed by atoms with Gasteiger partial charge in [0.15, 0.2) is 6.10 Å². The van der Waals surface area contributed by atoms with Gasteiger partial charge in [-0.2, -0.15) is 0 Å². The summed E-state index contributed by atoms with van der Waals surface area (Å²) in [5, 5.41) is 11.7. The van der Waals surface area contributed by atoms with Gasteiger partial charge in [-0.15, -0.1) is 0 Å². The van der Waals surface area contributed by atoms with Crippen molar-refractivity contribution in [2.75, 3.05) is 32.8 Å². The van der Waals surface area contributed by atoms with Crippen LogP contribution in [0.5, 0.6) is 11.5 Å². The van der Waals surface area contributed by atoms with Crippen molar-refractivity contribution in [2.45, 2.75) is 37.6 Å². The molecule has 1 heterocycles. The lowest BCUT2D eigenvalue weighted by Crippen LogP contribution is -2.50. The molecule has 1 aliphatic heterocycles. The van der Waals surface area contributed by atoms with Crippen molar-refractivity contribution in [3.63, 3.8) is 0 Å². The minimum Gasteiger partial charge on any atom is -0.497 e. The molecule has 3 atom stereocenters. The van der Waals surface area contributed by atoms with E-state index in [1.807, 2.05) is 83.8 Å². The maximum atomic E-state index is 13.8. The molecule has 0 aliphatic carbocycles. The first-order chi connectivity index (χ1) is 18.5. The lowest BCUT2D eigenvalue weighted by molar-refractivity contribution is -0.154. The maximum Gasteiger partial charge on any atom is 0.328 e. The second kappa shape index (κ2) is 12.5. The first-order valence-electron chi connectivity index (χ1n) is 12.6. The molecule has 0 aromatic heterocycles. The van der Waals surface area contributed by atoms with Gasteiger partial charge in [0.2, 0.25) is 0 Å². The third-order valence-electron chi connectivity index (χ3n) is 6.95. The van der Waals surface area contributed by atoms with Crippen LogP contribution in [0.1, 0.15) is 30.0 Å². The number of esters is 1. The number of amides is 1. The summed E-state index contributed by atoms with van der Waals surface area (Å²) < 4.78 is 15.6. The molecule has 38 heavy (non-hydrogen) atoms. The minimum absolute atomic E-state index is 0.387. The quantitative estimate of drug-likeness (QED) is 0.406. The van der Waals surface area contributed by atoms with Gasteiger partial charge in [0.05, 0.1) is 27.4 Å². The van der Waals surface area contributed by atoms with E-state index in [-0.39, 0.29) is 0 Å². The zero-order chi connectivity index (χ0) is 27.1. The molecule has 1 fully saturated rings. The SMILES string of the molecule is COC(=O)[C@@H]1CCCN1C(=O)[C@H](O)[C@@H](c1ccccc1)N(Cc1ccc(OC)cc1)c1ccc(OC)cc1. The van der Waals surface area contributed by atoms with E-state index < -0.39 is 30.1 Å². The highest BCUT2D eigenvalue weighted by Gasteiger charge is 2.41. The van der Waals surface area contributed by atoms with Gasteiger partial charge in [-0.25, -0.2) is 4.79 Å². The van der Waals surface area contributed by atoms with Crippen LogP contribution in [-0.2, 0) is 20.9 Å². The lowest BCUT2D eigenvalue weighted by atomic mass is 9.96. The Morgan fingerprint density at radius 2 is 1.53 bits per heavy atom. The number of likely N-dealkylation sites (tertiary alicyclic amines) is 1. The smallest absolute Gasteiger partial charge is 0.328 e. The number of benzene rings is 3. The van der Waals surface area contributed by atoms with Crippen LogP contribution in [-0.4, -0.2) is 61.9 Å². The summed E-state index contributed by atoms with van der Waals surface area (Å²) in [5.41, 5.74) is 2.54. The number of aliphatic hydroxyl groups excluding tert-OH is 1. The summed E-state index contributed by atoms with van der Waals surface area (Å²) in [6, 6.07) is 23.2. The molecular formula is C30H34N2O6. The number of anilines is 1. The van der Waals surface area contributed by atoms with Gasteiger partial charge in [0.25, 0.3) is 5.91 Å². The predicted molar refractivity (Wildman–Crippen MR) is 144 cm³/mol. The Kier molecular flexibility index (Phi) is 8.86. The Balaban J connectivity index is 1.76. The predicted octanol–water partition coefficient (Wildman–Crippen LogP) is 3.98. The largest absolute Gasteiger partial charge is 0.497 e. The molecule has 0 bridgehead atoms. The Labute approximate surface area is 223 Å². The number of carbonyl (C=O) groups is 2. The van der Waals surface area contributed by atoms with Crippen LogP contribution in [0.25, 0.3) is 0 Å². The molecule has 1 aliphatic rings. The Morgan fingerprint density at radius 3 is 2.11 bits per heavy atom. The average molecular weight is 519 g/mol. The number of hydrogen-bond acceptors (Lipinski definition) is 7. The number of hydrogen-bond donors (Lipinski definition) is 1. The normalized spacial score (nSPS) is 16.4. The summed E-state index contributed by atoms with van der Waals surface area (Å²) in [6.07, 6.45) is -0.264. The Hall–Kier alpha value is -4.04. The van der Waals surface area contributed by atoms with Crippen LogP contribution >= 0.6 is 0 Å². The highest BCUT2D eigenvalue weighted by Crippen LogP contribution is 2.35. The highest BCUT2D eigenvalue weighted by molar-refractivity contribution is 5.88. The third-order valence-corrected chi connectivity index (χ3v) is 6.95. The van der Waals surface area contributed by atoms with E-state index in [1.54, 1.807) is 14.2 Å². The van der Waals surface area contributed by atoms with E-state index in [2.05, 4.69) is 0 Å². The number of rotatable bonds is 10. The van der Waals surface area contributed by atoms with Gasteiger partial charge in [-0.3, -0.25) is 4.79 Å². The standard InChI is InChI=1S/C30H34N2O6/c1-36-24-15-11-21(12-16-24)20-32(23-13-17-25(37-2)18-14-23)27(22-8-5-4-6-9-22)28(33)29(34)31-19-7-10-26(31)30(35)38-3/h4-6,8-9,11-18,26-28,33H,7,10,19-20H2,1-3H3/t26-,27+,28+/m0/s1. The molecule has 8 nitrogen and oxygen atoms in total. The Morgan fingerprint density at radius 1 is 0.921 bits per heavy atom. The summed E-state index contributed by atoms with van der Waals surface area (Å²) in [5.74, 6) is 0.469. The van der Waals surface area contributed by atoms with Crippen molar-refractivity contribution in [3.8, 4) is 11.5 Å². The van der Waals surface area contributed by atoms with Crippen molar-refractivity contribution in [2.24, 2.45) is 0 Å². The lowest BCUT2D eigenvalue weighted by Gasteiger charge is -2.38. The molecular weight excluding hydrogens is 484 g/mol. The Bertz CT molecular complexity index is 1200. The third kappa shape index (κ3) is 5.92. The van der Waals surface area contributed by atoms with Gasteiger partial charge < -0.3 is 29.1 Å². The molecule has 8 heteroatoms. The number of aliphatic hydroxyl groups is 1. The molecule has 1 saturated heterocycles. The first-order valence-corrected chi connectivity index (χ1v) is 12.6. The van der Waals surface area contributed by atoms with Crippen LogP contribution in [0.15, 0.2) is 78.9 Å². The van der Waals surface area contributed by atoms with Crippen molar-refractivity contribution in [1.29, 1.82) is 0 Å². The van der Waals surface area contributed by atoms with E-state index >= 15 is 0 Å². The van der Waals surface area contributed by atoms with Gasteiger partial charge in [-0.1, -0.05) is 42.5 Å². The molecule has 3 aromatic carbocycles. The van der Waals surface area contributed by atoms with Crippen molar-refractivity contribution >= 4 is 17.6 Å². The van der Waals surface area contributed by atoms with Crippen LogP contribution in [0.3, 0.4) is 0 Å². The molecule has 0 spiro atoms. The van der Waals surface area contributed by atoms with Crippen molar-refractivity contribution < 1.29 is 28.9 Å². The van der Waals surface area contributed by atoms with Crippen LogP contribution in [0, 0.1) is 0 Å². The minimum atomic E-state index is -1.44. The zero-order valence-electron chi connectivity index (χ0n) is 21.9. The summed E-state index contributed by atoms with van der Waals surface area (Å²) in [6.45, 7) is 0.791. The fourth-order valence-electron chi connectivity index (χ4n) is 4.95. The summed E-state index contributed by atoms with van der Waals surface area (Å²) in [7, 11) is 4.53. The molecule has 1 N–H and O–H groups in total. The second-order valence-corrected chi connectivity index (χ2v) is 9.19. The summed E-state index contributed by atoms with van der Waals surface area (Å²) >= 11 is 0. The van der Waals surface area contributed by atoms with Crippen LogP contribution in [0.2, 0.25) is 0 Å². The van der Waals surface area contributed by atoms with E-state index in [1.165, 1.54) is 12.0 Å². The number of nitrogens with zero attached hydrogens (tertiary/aromatic N) is 2. The van der Waals surface area contributed by atoms with E-state index in [4.69, 9.17) is 14.2 Å². The molecule has 3 aromatic rings. The van der Waals surface area contributed by atoms with Gasteiger partial charge in [-0.05, 0) is 60.4 Å². The van der Waals surface area contributed by atoms with Crippen molar-refractivity contribution in [3.05, 3.63) is 90.0 Å². The molecule has 1 amide bonds. The maximum absolute atomic E-state index is 13.8. The van der Waals surface area contributed by atoms with Gasteiger partial charge in [0, 0.05) is 18.8 Å². The van der Waals surface area contributed by atoms with E-state index in [0.29, 0.717) is 31.7 Å². The fourth-order valence-corrected chi connectivity index (χ4v) is 4.95. The molecule has 0 unspecified atom stereocenters. The van der Waals surface area contributed by atoms with Gasteiger partial charge in [0.1, 0.15) is 17.5 Å². The number of ether oxygens (including phenoxy) is 3. The van der Waals surface area contributed by atoms with E-state index in [9.17, 15) is 14.7 Å². The molecule has 0 radical (unpaired) electrons. The first kappa shape index (κ1) is 27.0. The molecule has 4 rings (SSSR count). The van der Waals surface area contributed by atoms with Gasteiger partial charge >= 0.3 is 5.97 Å². The topological polar surface area (TPSA) is 88.5 Å². The van der Waals surface area contributed by atoms with Crippen LogP contribution in [0.4, 0.5) is 5.69 Å².